The van der Waals surface area contributed by atoms with E-state index < -0.39 is 5.97 Å². The second-order valence-corrected chi connectivity index (χ2v) is 2.41. The van der Waals surface area contributed by atoms with Gasteiger partial charge in [-0.3, -0.25) is 0 Å². The molecule has 2 heterocycles. The van der Waals surface area contributed by atoms with Crippen molar-refractivity contribution in [1.82, 2.24) is 20.4 Å². The molecular weight excluding hydrogens is 172 g/mol. The number of carboxylic acids is 1. The number of rotatable bonds is 2. The normalized spacial score (nSPS) is 10.2. The van der Waals surface area contributed by atoms with Gasteiger partial charge in [-0.25, -0.2) is 4.79 Å². The van der Waals surface area contributed by atoms with Gasteiger partial charge in [-0.05, 0) is 12.1 Å². The van der Waals surface area contributed by atoms with Crippen LogP contribution >= 0.6 is 0 Å². The zero-order chi connectivity index (χ0) is 9.26. The molecule has 0 atom stereocenters. The highest BCUT2D eigenvalue weighted by Gasteiger charge is 2.16. The minimum absolute atomic E-state index is 0.0811. The van der Waals surface area contributed by atoms with Gasteiger partial charge in [0.05, 0.1) is 5.69 Å². The molecule has 0 radical (unpaired) electrons. The maximum absolute atomic E-state index is 10.6. The van der Waals surface area contributed by atoms with E-state index in [1.807, 2.05) is 0 Å². The van der Waals surface area contributed by atoms with Crippen LogP contribution < -0.4 is 0 Å². The largest absolute Gasteiger partial charge is 0.476 e. The highest BCUT2D eigenvalue weighted by atomic mass is 16.4. The first-order chi connectivity index (χ1) is 6.29. The van der Waals surface area contributed by atoms with Gasteiger partial charge < -0.3 is 10.1 Å². The van der Waals surface area contributed by atoms with E-state index in [2.05, 4.69) is 20.4 Å². The van der Waals surface area contributed by atoms with E-state index >= 15 is 0 Å². The molecule has 2 aromatic heterocycles. The summed E-state index contributed by atoms with van der Waals surface area (Å²) in [5.74, 6) is -1.10. The van der Waals surface area contributed by atoms with Crippen molar-refractivity contribution in [2.45, 2.75) is 0 Å². The molecule has 6 heteroatoms. The van der Waals surface area contributed by atoms with Crippen LogP contribution in [-0.4, -0.2) is 31.5 Å². The molecule has 0 aliphatic rings. The molecule has 3 N–H and O–H groups in total. The van der Waals surface area contributed by atoms with Crippen LogP contribution in [0.5, 0.6) is 0 Å². The smallest absolute Gasteiger partial charge is 0.358 e. The highest BCUT2D eigenvalue weighted by molar-refractivity contribution is 5.91. The molecule has 0 aliphatic heterocycles. The van der Waals surface area contributed by atoms with Crippen LogP contribution in [0.15, 0.2) is 18.3 Å². The molecule has 0 spiro atoms. The Bertz CT molecular complexity index is 417. The van der Waals surface area contributed by atoms with Crippen LogP contribution in [0.3, 0.4) is 0 Å². The zero-order valence-electron chi connectivity index (χ0n) is 6.48. The fraction of sp³-hybridized carbons (Fsp3) is 0. The Morgan fingerprint density at radius 3 is 2.92 bits per heavy atom. The Kier molecular flexibility index (Phi) is 1.59. The van der Waals surface area contributed by atoms with E-state index in [4.69, 9.17) is 5.11 Å². The highest BCUT2D eigenvalue weighted by Crippen LogP contribution is 2.16. The molecule has 13 heavy (non-hydrogen) atoms. The summed E-state index contributed by atoms with van der Waals surface area (Å²) < 4.78 is 0. The molecule has 0 saturated carbocycles. The van der Waals surface area contributed by atoms with Crippen molar-refractivity contribution in [3.05, 3.63) is 24.0 Å². The number of aromatic carboxylic acids is 1. The van der Waals surface area contributed by atoms with E-state index in [0.29, 0.717) is 11.4 Å². The fourth-order valence-electron chi connectivity index (χ4n) is 1.05. The molecule has 2 aromatic rings. The Morgan fingerprint density at radius 1 is 1.46 bits per heavy atom. The van der Waals surface area contributed by atoms with Gasteiger partial charge in [0.2, 0.25) is 0 Å². The summed E-state index contributed by atoms with van der Waals surface area (Å²) in [6, 6.07) is 3.49. The Labute approximate surface area is 72.6 Å². The molecule has 0 unspecified atom stereocenters. The van der Waals surface area contributed by atoms with Crippen LogP contribution in [-0.2, 0) is 0 Å². The molecule has 6 nitrogen and oxygen atoms in total. The number of carboxylic acid groups (broad SMARTS) is 1. The van der Waals surface area contributed by atoms with Crippen molar-refractivity contribution in [3.63, 3.8) is 0 Å². The average Bonchev–Trinajstić information content (AvgIpc) is 2.74. The van der Waals surface area contributed by atoms with Gasteiger partial charge in [-0.2, -0.15) is 10.3 Å². The molecule has 0 fully saturated rings. The second-order valence-electron chi connectivity index (χ2n) is 2.41. The Balaban J connectivity index is 2.52. The average molecular weight is 178 g/mol. The van der Waals surface area contributed by atoms with Crippen LogP contribution in [0, 0.1) is 0 Å². The molecule has 66 valence electrons. The fourth-order valence-corrected chi connectivity index (χ4v) is 1.05. The van der Waals surface area contributed by atoms with E-state index in [9.17, 15) is 4.79 Å². The number of carbonyl (C=O) groups is 1. The van der Waals surface area contributed by atoms with Gasteiger partial charge in [0.1, 0.15) is 5.69 Å². The second kappa shape index (κ2) is 2.74. The third-order valence-corrected chi connectivity index (χ3v) is 1.60. The van der Waals surface area contributed by atoms with Gasteiger partial charge in [-0.15, -0.1) is 5.10 Å². The topological polar surface area (TPSA) is 94.7 Å². The zero-order valence-corrected chi connectivity index (χ0v) is 6.48. The number of hydrogen-bond acceptors (Lipinski definition) is 3. The molecule has 0 bridgehead atoms. The summed E-state index contributed by atoms with van der Waals surface area (Å²) in [4.78, 5) is 13.5. The van der Waals surface area contributed by atoms with Crippen molar-refractivity contribution >= 4 is 5.97 Å². The lowest BCUT2D eigenvalue weighted by molar-refractivity contribution is 0.0691. The van der Waals surface area contributed by atoms with Crippen LogP contribution in [0.1, 0.15) is 10.5 Å². The minimum atomic E-state index is -1.10. The van der Waals surface area contributed by atoms with E-state index in [1.165, 1.54) is 0 Å². The third kappa shape index (κ3) is 1.18. The molecule has 0 aliphatic carbocycles. The lowest BCUT2D eigenvalue weighted by atomic mass is 10.2. The van der Waals surface area contributed by atoms with E-state index in [0.717, 1.165) is 0 Å². The Hall–Kier alpha value is -2.11. The molecule has 0 aromatic carbocycles. The first-order valence-electron chi connectivity index (χ1n) is 3.57. The van der Waals surface area contributed by atoms with Crippen LogP contribution in [0.25, 0.3) is 11.4 Å². The predicted octanol–water partition coefficient (Wildman–Crippen LogP) is 0.498. The first-order valence-corrected chi connectivity index (χ1v) is 3.57. The van der Waals surface area contributed by atoms with Crippen molar-refractivity contribution in [1.29, 1.82) is 0 Å². The maximum atomic E-state index is 10.6. The van der Waals surface area contributed by atoms with Gasteiger partial charge >= 0.3 is 5.97 Å². The Morgan fingerprint density at radius 2 is 2.31 bits per heavy atom. The number of nitrogens with zero attached hydrogens (tertiary/aromatic N) is 2. The molecule has 0 amide bonds. The lowest BCUT2D eigenvalue weighted by Crippen LogP contribution is -1.99. The SMILES string of the molecule is O=C(O)c1n[nH]nc1-c1ccc[nH]1. The molecule has 0 saturated heterocycles. The maximum Gasteiger partial charge on any atom is 0.358 e. The summed E-state index contributed by atoms with van der Waals surface area (Å²) in [5.41, 5.74) is 0.867. The van der Waals surface area contributed by atoms with Gasteiger partial charge in [0, 0.05) is 6.20 Å². The van der Waals surface area contributed by atoms with Gasteiger partial charge in [0.15, 0.2) is 5.69 Å². The number of H-pyrrole nitrogens is 2. The lowest BCUT2D eigenvalue weighted by Gasteiger charge is -1.91. The quantitative estimate of drug-likeness (QED) is 0.623. The number of hydrogen-bond donors (Lipinski definition) is 3. The first kappa shape index (κ1) is 7.53. The van der Waals surface area contributed by atoms with Gasteiger partial charge in [0.25, 0.3) is 0 Å². The number of aromatic amines is 2. The third-order valence-electron chi connectivity index (χ3n) is 1.60. The number of aromatic nitrogens is 4. The van der Waals surface area contributed by atoms with Gasteiger partial charge in [-0.1, -0.05) is 0 Å². The predicted molar refractivity (Wildman–Crippen MR) is 43.1 cm³/mol. The summed E-state index contributed by atoms with van der Waals surface area (Å²) in [6.07, 6.45) is 1.69. The molecular formula is C7H6N4O2. The van der Waals surface area contributed by atoms with Crippen molar-refractivity contribution in [3.8, 4) is 11.4 Å². The minimum Gasteiger partial charge on any atom is -0.476 e. The van der Waals surface area contributed by atoms with Crippen LogP contribution in [0.4, 0.5) is 0 Å². The molecule has 2 rings (SSSR count). The number of nitrogens with one attached hydrogen (secondary N) is 2. The monoisotopic (exact) mass is 178 g/mol. The standard InChI is InChI=1S/C7H6N4O2/c12-7(13)6-5(9-11-10-6)4-2-1-3-8-4/h1-3,8H,(H,12,13)(H,9,10,11). The van der Waals surface area contributed by atoms with Crippen molar-refractivity contribution in [2.24, 2.45) is 0 Å². The van der Waals surface area contributed by atoms with E-state index in [-0.39, 0.29) is 5.69 Å². The van der Waals surface area contributed by atoms with Crippen molar-refractivity contribution < 1.29 is 9.90 Å². The summed E-state index contributed by atoms with van der Waals surface area (Å²) in [7, 11) is 0. The van der Waals surface area contributed by atoms with E-state index in [1.54, 1.807) is 18.3 Å². The summed E-state index contributed by atoms with van der Waals surface area (Å²) >= 11 is 0. The van der Waals surface area contributed by atoms with Crippen LogP contribution in [0.2, 0.25) is 0 Å². The summed E-state index contributed by atoms with van der Waals surface area (Å²) in [6.45, 7) is 0. The van der Waals surface area contributed by atoms with Crippen molar-refractivity contribution in [2.75, 3.05) is 0 Å². The summed E-state index contributed by atoms with van der Waals surface area (Å²) in [5, 5.41) is 18.2.